The Balaban J connectivity index is 2.75. The zero-order valence-corrected chi connectivity index (χ0v) is 5.87. The summed E-state index contributed by atoms with van der Waals surface area (Å²) in [7, 11) is 0. The lowest BCUT2D eigenvalue weighted by molar-refractivity contribution is 0.326. The van der Waals surface area contributed by atoms with E-state index in [0.29, 0.717) is 18.2 Å². The second kappa shape index (κ2) is 3.15. The van der Waals surface area contributed by atoms with Crippen LogP contribution in [0.5, 0.6) is 5.88 Å². The third kappa shape index (κ3) is 1.69. The Morgan fingerprint density at radius 1 is 1.60 bits per heavy atom. The number of hydrogen-bond donors (Lipinski definition) is 0. The van der Waals surface area contributed by atoms with Gasteiger partial charge in [-0.05, 0) is 13.8 Å². The molecule has 0 saturated heterocycles. The first-order valence-corrected chi connectivity index (χ1v) is 3.09. The van der Waals surface area contributed by atoms with Crippen molar-refractivity contribution in [2.24, 2.45) is 0 Å². The first-order chi connectivity index (χ1) is 4.83. The van der Waals surface area contributed by atoms with Crippen molar-refractivity contribution < 1.29 is 4.74 Å². The van der Waals surface area contributed by atoms with Crippen LogP contribution in [-0.2, 0) is 0 Å². The van der Waals surface area contributed by atoms with Crippen LogP contribution in [0.4, 0.5) is 0 Å². The Bertz CT molecular complexity index is 213. The van der Waals surface area contributed by atoms with Crippen LogP contribution in [0.3, 0.4) is 0 Å². The van der Waals surface area contributed by atoms with Gasteiger partial charge in [-0.25, -0.2) is 9.97 Å². The highest BCUT2D eigenvalue weighted by atomic mass is 16.5. The summed E-state index contributed by atoms with van der Waals surface area (Å²) in [6.07, 6.45) is 1.44. The Labute approximate surface area is 60.1 Å². The monoisotopic (exact) mass is 137 g/mol. The fourth-order valence-corrected chi connectivity index (χ4v) is 0.604. The standard InChI is InChI=1S/C7H9N2O/c1-3-10-7-4-6(2)8-5-9-7/h4-5H,2-3H2,1H3. The molecule has 10 heavy (non-hydrogen) atoms. The highest BCUT2D eigenvalue weighted by Gasteiger charge is 1.92. The number of ether oxygens (including phenoxy) is 1. The van der Waals surface area contributed by atoms with E-state index in [1.54, 1.807) is 6.07 Å². The Kier molecular flexibility index (Phi) is 2.20. The zero-order valence-electron chi connectivity index (χ0n) is 5.87. The van der Waals surface area contributed by atoms with Gasteiger partial charge in [0.25, 0.3) is 0 Å². The van der Waals surface area contributed by atoms with Crippen LogP contribution >= 0.6 is 0 Å². The normalized spacial score (nSPS) is 9.40. The van der Waals surface area contributed by atoms with Crippen LogP contribution in [0, 0.1) is 6.92 Å². The highest BCUT2D eigenvalue weighted by Crippen LogP contribution is 2.04. The smallest absolute Gasteiger partial charge is 0.216 e. The van der Waals surface area contributed by atoms with Crippen molar-refractivity contribution in [3.63, 3.8) is 0 Å². The fraction of sp³-hybridized carbons (Fsp3) is 0.286. The van der Waals surface area contributed by atoms with Crippen molar-refractivity contribution >= 4 is 0 Å². The average molecular weight is 137 g/mol. The van der Waals surface area contributed by atoms with Gasteiger partial charge in [0.1, 0.15) is 6.33 Å². The van der Waals surface area contributed by atoms with Gasteiger partial charge in [0.05, 0.1) is 6.61 Å². The molecule has 1 rings (SSSR count). The summed E-state index contributed by atoms with van der Waals surface area (Å²) in [6.45, 7) is 6.16. The molecule has 0 saturated carbocycles. The van der Waals surface area contributed by atoms with E-state index in [0.717, 1.165) is 0 Å². The summed E-state index contributed by atoms with van der Waals surface area (Å²) >= 11 is 0. The molecule has 0 aliphatic carbocycles. The van der Waals surface area contributed by atoms with Gasteiger partial charge in [0, 0.05) is 11.8 Å². The van der Waals surface area contributed by atoms with Crippen LogP contribution in [0.2, 0.25) is 0 Å². The molecule has 0 fully saturated rings. The first-order valence-electron chi connectivity index (χ1n) is 3.09. The minimum atomic E-state index is 0.586. The second-order valence-corrected chi connectivity index (χ2v) is 1.78. The minimum absolute atomic E-state index is 0.586. The van der Waals surface area contributed by atoms with E-state index in [-0.39, 0.29) is 0 Å². The molecule has 3 nitrogen and oxygen atoms in total. The minimum Gasteiger partial charge on any atom is -0.478 e. The van der Waals surface area contributed by atoms with E-state index >= 15 is 0 Å². The molecule has 0 spiro atoms. The van der Waals surface area contributed by atoms with Crippen molar-refractivity contribution in [1.82, 2.24) is 9.97 Å². The molecular formula is C7H9N2O. The molecular weight excluding hydrogens is 128 g/mol. The summed E-state index contributed by atoms with van der Waals surface area (Å²) in [6, 6.07) is 1.70. The molecule has 0 aromatic carbocycles. The van der Waals surface area contributed by atoms with E-state index < -0.39 is 0 Å². The predicted molar refractivity (Wildman–Crippen MR) is 37.7 cm³/mol. The van der Waals surface area contributed by atoms with Crippen molar-refractivity contribution in [2.75, 3.05) is 6.61 Å². The lowest BCUT2D eigenvalue weighted by Crippen LogP contribution is -1.95. The molecule has 0 N–H and O–H groups in total. The Morgan fingerprint density at radius 3 is 3.00 bits per heavy atom. The van der Waals surface area contributed by atoms with Crippen molar-refractivity contribution in [2.45, 2.75) is 6.92 Å². The number of aromatic nitrogens is 2. The van der Waals surface area contributed by atoms with Gasteiger partial charge in [-0.1, -0.05) is 0 Å². The van der Waals surface area contributed by atoms with E-state index in [9.17, 15) is 0 Å². The molecule has 1 heterocycles. The second-order valence-electron chi connectivity index (χ2n) is 1.78. The van der Waals surface area contributed by atoms with Gasteiger partial charge in [0.2, 0.25) is 5.88 Å². The Hall–Kier alpha value is -1.12. The summed E-state index contributed by atoms with van der Waals surface area (Å²) in [5, 5.41) is 0. The van der Waals surface area contributed by atoms with Crippen LogP contribution in [0.25, 0.3) is 0 Å². The molecule has 0 unspecified atom stereocenters. The van der Waals surface area contributed by atoms with E-state index in [4.69, 9.17) is 4.74 Å². The first kappa shape index (κ1) is 6.99. The quantitative estimate of drug-likeness (QED) is 0.611. The van der Waals surface area contributed by atoms with Crippen LogP contribution in [0.15, 0.2) is 12.4 Å². The molecule has 1 aromatic rings. The third-order valence-corrected chi connectivity index (χ3v) is 0.991. The largest absolute Gasteiger partial charge is 0.478 e. The average Bonchev–Trinajstić information content (AvgIpc) is 1.88. The van der Waals surface area contributed by atoms with Gasteiger partial charge in [0.15, 0.2) is 0 Å². The molecule has 0 aliphatic heterocycles. The van der Waals surface area contributed by atoms with Crippen molar-refractivity contribution in [1.29, 1.82) is 0 Å². The van der Waals surface area contributed by atoms with Gasteiger partial charge in [-0.3, -0.25) is 0 Å². The molecule has 0 amide bonds. The van der Waals surface area contributed by atoms with Gasteiger partial charge in [-0.2, -0.15) is 0 Å². The van der Waals surface area contributed by atoms with Gasteiger partial charge < -0.3 is 4.74 Å². The van der Waals surface area contributed by atoms with Crippen molar-refractivity contribution in [3.8, 4) is 5.88 Å². The van der Waals surface area contributed by atoms with E-state index in [1.165, 1.54) is 6.33 Å². The maximum Gasteiger partial charge on any atom is 0.216 e. The number of rotatable bonds is 2. The maximum absolute atomic E-state index is 5.10. The van der Waals surface area contributed by atoms with E-state index in [1.807, 2.05) is 6.92 Å². The molecule has 53 valence electrons. The Morgan fingerprint density at radius 2 is 2.40 bits per heavy atom. The number of hydrogen-bond acceptors (Lipinski definition) is 3. The van der Waals surface area contributed by atoms with Crippen LogP contribution in [-0.4, -0.2) is 16.6 Å². The SMILES string of the molecule is [CH2]c1cc(OCC)ncn1. The zero-order chi connectivity index (χ0) is 7.40. The molecule has 0 atom stereocenters. The molecule has 1 radical (unpaired) electrons. The summed E-state index contributed by atoms with van der Waals surface area (Å²) in [4.78, 5) is 7.68. The third-order valence-electron chi connectivity index (χ3n) is 0.991. The fourth-order valence-electron chi connectivity index (χ4n) is 0.604. The lowest BCUT2D eigenvalue weighted by atomic mass is 10.4. The van der Waals surface area contributed by atoms with Crippen molar-refractivity contribution in [3.05, 3.63) is 25.0 Å². The topological polar surface area (TPSA) is 35.0 Å². The lowest BCUT2D eigenvalue weighted by Gasteiger charge is -1.99. The molecule has 1 aromatic heterocycles. The summed E-state index contributed by atoms with van der Waals surface area (Å²) < 4.78 is 5.10. The summed E-state index contributed by atoms with van der Waals surface area (Å²) in [5.74, 6) is 0.586. The summed E-state index contributed by atoms with van der Waals surface area (Å²) in [5.41, 5.74) is 0.679. The maximum atomic E-state index is 5.10. The van der Waals surface area contributed by atoms with Gasteiger partial charge >= 0.3 is 0 Å². The highest BCUT2D eigenvalue weighted by molar-refractivity contribution is 5.14. The molecule has 3 heteroatoms. The molecule has 0 aliphatic rings. The number of nitrogens with zero attached hydrogens (tertiary/aromatic N) is 2. The van der Waals surface area contributed by atoms with E-state index in [2.05, 4.69) is 16.9 Å². The predicted octanol–water partition coefficient (Wildman–Crippen LogP) is 1.06. The van der Waals surface area contributed by atoms with Crippen LogP contribution < -0.4 is 4.74 Å². The molecule has 0 bridgehead atoms. The van der Waals surface area contributed by atoms with Gasteiger partial charge in [-0.15, -0.1) is 0 Å². The van der Waals surface area contributed by atoms with Crippen LogP contribution in [0.1, 0.15) is 12.6 Å².